The molecule has 0 aliphatic rings. The van der Waals surface area contributed by atoms with Crippen molar-refractivity contribution in [2.24, 2.45) is 0 Å². The maximum absolute atomic E-state index is 12.8. The van der Waals surface area contributed by atoms with E-state index >= 15 is 0 Å². The molecule has 8 heteroatoms. The van der Waals surface area contributed by atoms with Gasteiger partial charge in [0.1, 0.15) is 5.75 Å². The number of amides is 1. The molecule has 7 nitrogen and oxygen atoms in total. The molecule has 0 atom stereocenters. The van der Waals surface area contributed by atoms with E-state index in [9.17, 15) is 13.2 Å². The molecule has 0 spiro atoms. The number of ether oxygens (including phenoxy) is 1. The minimum absolute atomic E-state index is 0.0882. The van der Waals surface area contributed by atoms with Gasteiger partial charge >= 0.3 is 0 Å². The van der Waals surface area contributed by atoms with E-state index in [1.165, 1.54) is 11.4 Å². The molecule has 2 aromatic carbocycles. The van der Waals surface area contributed by atoms with E-state index in [0.717, 1.165) is 25.2 Å². The van der Waals surface area contributed by atoms with Gasteiger partial charge in [-0.25, -0.2) is 8.42 Å². The first-order valence-corrected chi connectivity index (χ1v) is 11.5. The third kappa shape index (κ3) is 6.47. The number of hydrogen-bond acceptors (Lipinski definition) is 5. The number of benzene rings is 2. The van der Waals surface area contributed by atoms with Crippen LogP contribution in [0.2, 0.25) is 0 Å². The van der Waals surface area contributed by atoms with E-state index in [1.54, 1.807) is 48.5 Å². The highest BCUT2D eigenvalue weighted by atomic mass is 32.2. The van der Waals surface area contributed by atoms with Crippen molar-refractivity contribution >= 4 is 21.6 Å². The van der Waals surface area contributed by atoms with Crippen LogP contribution < -0.4 is 14.4 Å². The number of carbonyl (C=O) groups is 1. The predicted molar refractivity (Wildman–Crippen MR) is 120 cm³/mol. The predicted octanol–water partition coefficient (Wildman–Crippen LogP) is 2.66. The molecule has 0 bridgehead atoms. The normalized spacial score (nSPS) is 11.4. The van der Waals surface area contributed by atoms with Crippen molar-refractivity contribution in [2.75, 3.05) is 44.1 Å². The molecule has 0 radical (unpaired) electrons. The summed E-state index contributed by atoms with van der Waals surface area (Å²) in [6, 6.07) is 13.3. The second kappa shape index (κ2) is 11.0. The molecule has 0 aliphatic carbocycles. The van der Waals surface area contributed by atoms with E-state index < -0.39 is 10.0 Å². The minimum atomic E-state index is -3.64. The van der Waals surface area contributed by atoms with Gasteiger partial charge in [0.05, 0.1) is 10.6 Å². The zero-order valence-corrected chi connectivity index (χ0v) is 18.9. The highest BCUT2D eigenvalue weighted by Crippen LogP contribution is 2.24. The summed E-state index contributed by atoms with van der Waals surface area (Å²) in [5, 5.41) is 2.83. The number of aryl methyl sites for hydroxylation is 1. The fourth-order valence-corrected chi connectivity index (χ4v) is 4.05. The number of nitrogens with one attached hydrogen (secondary N) is 1. The van der Waals surface area contributed by atoms with Crippen LogP contribution in [0.15, 0.2) is 53.4 Å². The Morgan fingerprint density at radius 2 is 1.60 bits per heavy atom. The Labute approximate surface area is 179 Å². The zero-order valence-electron chi connectivity index (χ0n) is 18.1. The second-order valence-corrected chi connectivity index (χ2v) is 8.91. The Kier molecular flexibility index (Phi) is 8.68. The Bertz CT molecular complexity index is 908. The number of hydrogen-bond donors (Lipinski definition) is 1. The van der Waals surface area contributed by atoms with Crippen molar-refractivity contribution in [1.29, 1.82) is 0 Å². The number of likely N-dealkylation sites (N-methyl/N-ethyl adjacent to an activating group) is 1. The van der Waals surface area contributed by atoms with Gasteiger partial charge in [0, 0.05) is 20.1 Å². The maximum atomic E-state index is 12.8. The van der Waals surface area contributed by atoms with Crippen LogP contribution in [-0.4, -0.2) is 59.1 Å². The van der Waals surface area contributed by atoms with E-state index in [4.69, 9.17) is 4.74 Å². The molecular formula is C22H31N3O4S. The van der Waals surface area contributed by atoms with Gasteiger partial charge in [0.2, 0.25) is 0 Å². The second-order valence-electron chi connectivity index (χ2n) is 6.94. The summed E-state index contributed by atoms with van der Waals surface area (Å²) in [7, 11) is -2.14. The monoisotopic (exact) mass is 433 g/mol. The summed E-state index contributed by atoms with van der Waals surface area (Å²) < 4.78 is 32.3. The first kappa shape index (κ1) is 23.7. The average Bonchev–Trinajstić information content (AvgIpc) is 2.75. The lowest BCUT2D eigenvalue weighted by atomic mass is 10.2. The quantitative estimate of drug-likeness (QED) is 0.589. The molecule has 2 rings (SSSR count). The van der Waals surface area contributed by atoms with E-state index in [-0.39, 0.29) is 17.4 Å². The fourth-order valence-electron chi connectivity index (χ4n) is 2.85. The van der Waals surface area contributed by atoms with Crippen molar-refractivity contribution in [3.63, 3.8) is 0 Å². The van der Waals surface area contributed by atoms with E-state index in [1.807, 2.05) is 6.92 Å². The fraction of sp³-hybridized carbons (Fsp3) is 0.409. The van der Waals surface area contributed by atoms with Crippen molar-refractivity contribution in [3.05, 3.63) is 54.1 Å². The minimum Gasteiger partial charge on any atom is -0.484 e. The largest absolute Gasteiger partial charge is 0.484 e. The molecule has 0 saturated carbocycles. The molecule has 0 fully saturated rings. The van der Waals surface area contributed by atoms with Crippen LogP contribution >= 0.6 is 0 Å². The van der Waals surface area contributed by atoms with Crippen LogP contribution in [0, 0.1) is 6.92 Å². The molecular weight excluding hydrogens is 402 g/mol. The smallest absolute Gasteiger partial charge is 0.264 e. The molecule has 2 aromatic rings. The average molecular weight is 434 g/mol. The highest BCUT2D eigenvalue weighted by Gasteiger charge is 2.21. The molecule has 1 N–H and O–H groups in total. The molecule has 0 saturated heterocycles. The van der Waals surface area contributed by atoms with E-state index in [2.05, 4.69) is 24.1 Å². The Morgan fingerprint density at radius 3 is 2.17 bits per heavy atom. The van der Waals surface area contributed by atoms with Crippen LogP contribution in [0.1, 0.15) is 19.4 Å². The lowest BCUT2D eigenvalue weighted by Gasteiger charge is -2.20. The van der Waals surface area contributed by atoms with Crippen LogP contribution in [0.25, 0.3) is 0 Å². The number of anilines is 1. The summed E-state index contributed by atoms with van der Waals surface area (Å²) >= 11 is 0. The molecule has 0 heterocycles. The Morgan fingerprint density at radius 1 is 1.00 bits per heavy atom. The summed E-state index contributed by atoms with van der Waals surface area (Å²) in [6.45, 7) is 9.26. The number of nitrogens with zero attached hydrogens (tertiary/aromatic N) is 2. The van der Waals surface area contributed by atoms with Crippen LogP contribution in [0.3, 0.4) is 0 Å². The SMILES string of the molecule is CCN(CC)CCNC(=O)COc1ccc(N(C)S(=O)(=O)c2ccc(C)cc2)cc1. The van der Waals surface area contributed by atoms with Gasteiger partial charge in [-0.05, 0) is 56.4 Å². The van der Waals surface area contributed by atoms with Gasteiger partial charge in [-0.2, -0.15) is 0 Å². The molecule has 30 heavy (non-hydrogen) atoms. The van der Waals surface area contributed by atoms with Crippen molar-refractivity contribution in [2.45, 2.75) is 25.7 Å². The summed E-state index contributed by atoms with van der Waals surface area (Å²) in [6.07, 6.45) is 0. The molecule has 164 valence electrons. The van der Waals surface area contributed by atoms with Crippen LogP contribution in [-0.2, 0) is 14.8 Å². The number of rotatable bonds is 11. The van der Waals surface area contributed by atoms with Crippen LogP contribution in [0.5, 0.6) is 5.75 Å². The molecule has 0 aliphatic heterocycles. The van der Waals surface area contributed by atoms with Gasteiger partial charge in [-0.3, -0.25) is 9.10 Å². The maximum Gasteiger partial charge on any atom is 0.264 e. The number of sulfonamides is 1. The molecule has 0 unspecified atom stereocenters. The summed E-state index contributed by atoms with van der Waals surface area (Å²) in [5.41, 5.74) is 1.50. The van der Waals surface area contributed by atoms with Gasteiger partial charge in [0.15, 0.2) is 6.61 Å². The third-order valence-corrected chi connectivity index (χ3v) is 6.69. The third-order valence-electron chi connectivity index (χ3n) is 4.89. The lowest BCUT2D eigenvalue weighted by molar-refractivity contribution is -0.123. The van der Waals surface area contributed by atoms with Gasteiger partial charge in [-0.1, -0.05) is 31.5 Å². The first-order chi connectivity index (χ1) is 14.3. The van der Waals surface area contributed by atoms with E-state index in [0.29, 0.717) is 18.0 Å². The van der Waals surface area contributed by atoms with Crippen molar-refractivity contribution in [3.8, 4) is 5.75 Å². The number of carbonyl (C=O) groups excluding carboxylic acids is 1. The van der Waals surface area contributed by atoms with Gasteiger partial charge < -0.3 is 15.0 Å². The summed E-state index contributed by atoms with van der Waals surface area (Å²) in [4.78, 5) is 14.4. The zero-order chi connectivity index (χ0) is 22.1. The van der Waals surface area contributed by atoms with Crippen molar-refractivity contribution in [1.82, 2.24) is 10.2 Å². The van der Waals surface area contributed by atoms with Gasteiger partial charge in [0.25, 0.3) is 15.9 Å². The Balaban J connectivity index is 1.90. The topological polar surface area (TPSA) is 79.0 Å². The van der Waals surface area contributed by atoms with Crippen LogP contribution in [0.4, 0.5) is 5.69 Å². The van der Waals surface area contributed by atoms with Crippen molar-refractivity contribution < 1.29 is 17.9 Å². The van der Waals surface area contributed by atoms with Gasteiger partial charge in [-0.15, -0.1) is 0 Å². The Hall–Kier alpha value is -2.58. The summed E-state index contributed by atoms with van der Waals surface area (Å²) in [5.74, 6) is 0.309. The standard InChI is InChI=1S/C22H31N3O4S/c1-5-25(6-2)16-15-23-22(26)17-29-20-11-9-19(10-12-20)24(4)30(27,28)21-13-7-18(3)8-14-21/h7-14H,5-6,15-17H2,1-4H3,(H,23,26). The lowest BCUT2D eigenvalue weighted by Crippen LogP contribution is -2.36. The highest BCUT2D eigenvalue weighted by molar-refractivity contribution is 7.92. The molecule has 1 amide bonds. The first-order valence-electron chi connectivity index (χ1n) is 10.1. The molecule has 0 aromatic heterocycles.